The Morgan fingerprint density at radius 1 is 1.57 bits per heavy atom. The molecule has 0 saturated carbocycles. The topological polar surface area (TPSA) is 68.8 Å². The van der Waals surface area contributed by atoms with Gasteiger partial charge in [0.05, 0.1) is 0 Å². The second kappa shape index (κ2) is 3.49. The van der Waals surface area contributed by atoms with E-state index in [1.54, 1.807) is 6.20 Å². The summed E-state index contributed by atoms with van der Waals surface area (Å²) in [5, 5.41) is 6.74. The van der Waals surface area contributed by atoms with Gasteiger partial charge in [-0.2, -0.15) is 4.98 Å². The van der Waals surface area contributed by atoms with Gasteiger partial charge >= 0.3 is 6.01 Å². The Kier molecular flexibility index (Phi) is 2.18. The fourth-order valence-corrected chi connectivity index (χ4v) is 1.12. The molecule has 0 aliphatic rings. The lowest BCUT2D eigenvalue weighted by Gasteiger charge is -1.93. The van der Waals surface area contributed by atoms with E-state index in [-0.39, 0.29) is 0 Å². The number of aromatic nitrogens is 4. The maximum atomic E-state index is 4.96. The molecule has 2 aromatic rings. The first-order valence-electron chi connectivity index (χ1n) is 4.36. The lowest BCUT2D eigenvalue weighted by Crippen LogP contribution is -1.97. The van der Waals surface area contributed by atoms with Crippen LogP contribution in [0.2, 0.25) is 0 Å². The van der Waals surface area contributed by atoms with Gasteiger partial charge in [-0.05, 0) is 6.92 Å². The van der Waals surface area contributed by atoms with Crippen LogP contribution in [0.25, 0.3) is 11.6 Å². The Morgan fingerprint density at radius 3 is 3.07 bits per heavy atom. The zero-order valence-corrected chi connectivity index (χ0v) is 8.06. The van der Waals surface area contributed by atoms with Crippen LogP contribution in [0.4, 0.5) is 6.01 Å². The highest BCUT2D eigenvalue weighted by Crippen LogP contribution is 2.14. The first-order valence-corrected chi connectivity index (χ1v) is 4.36. The molecule has 0 amide bonds. The van der Waals surface area contributed by atoms with Crippen LogP contribution in [0.5, 0.6) is 0 Å². The smallest absolute Gasteiger partial charge is 0.321 e. The fourth-order valence-electron chi connectivity index (χ4n) is 1.12. The first-order chi connectivity index (χ1) is 6.81. The standard InChI is InChI=1S/C8H11N5O/c1-3-9-8-11-6(12-14-8)7-10-4-5-13(7)2/h4-5H,3H2,1-2H3,(H,9,11,12). The molecule has 0 saturated heterocycles. The molecule has 6 nitrogen and oxygen atoms in total. The Bertz CT molecular complexity index is 419. The molecular formula is C8H11N5O. The molecule has 0 atom stereocenters. The summed E-state index contributed by atoms with van der Waals surface area (Å²) >= 11 is 0. The number of hydrogen-bond donors (Lipinski definition) is 1. The highest BCUT2D eigenvalue weighted by atomic mass is 16.5. The zero-order valence-electron chi connectivity index (χ0n) is 8.06. The molecule has 0 fully saturated rings. The van der Waals surface area contributed by atoms with Crippen molar-refractivity contribution in [3.63, 3.8) is 0 Å². The Balaban J connectivity index is 2.29. The molecule has 0 aliphatic heterocycles. The van der Waals surface area contributed by atoms with Gasteiger partial charge in [0, 0.05) is 26.0 Å². The van der Waals surface area contributed by atoms with Crippen molar-refractivity contribution < 1.29 is 4.52 Å². The summed E-state index contributed by atoms with van der Waals surface area (Å²) in [5.74, 6) is 1.19. The zero-order chi connectivity index (χ0) is 9.97. The molecule has 0 bridgehead atoms. The second-order valence-electron chi connectivity index (χ2n) is 2.82. The molecule has 2 aromatic heterocycles. The minimum atomic E-state index is 0.422. The van der Waals surface area contributed by atoms with Crippen molar-refractivity contribution in [3.8, 4) is 11.6 Å². The normalized spacial score (nSPS) is 10.4. The molecule has 0 aliphatic carbocycles. The van der Waals surface area contributed by atoms with Crippen LogP contribution in [0, 0.1) is 0 Å². The predicted molar refractivity (Wildman–Crippen MR) is 50.7 cm³/mol. The number of imidazole rings is 1. The van der Waals surface area contributed by atoms with Crippen molar-refractivity contribution in [1.82, 2.24) is 19.7 Å². The van der Waals surface area contributed by atoms with Crippen molar-refractivity contribution in [1.29, 1.82) is 0 Å². The molecule has 0 radical (unpaired) electrons. The summed E-state index contributed by atoms with van der Waals surface area (Å²) < 4.78 is 6.79. The molecule has 2 heterocycles. The number of hydrogen-bond acceptors (Lipinski definition) is 5. The highest BCUT2D eigenvalue weighted by Gasteiger charge is 2.11. The average molecular weight is 193 g/mol. The summed E-state index contributed by atoms with van der Waals surface area (Å²) in [6.45, 7) is 2.72. The lowest BCUT2D eigenvalue weighted by molar-refractivity contribution is 0.432. The van der Waals surface area contributed by atoms with E-state index in [2.05, 4.69) is 20.4 Å². The summed E-state index contributed by atoms with van der Waals surface area (Å²) in [6.07, 6.45) is 3.53. The van der Waals surface area contributed by atoms with Gasteiger partial charge in [-0.3, -0.25) is 0 Å². The molecule has 0 spiro atoms. The second-order valence-corrected chi connectivity index (χ2v) is 2.82. The number of aryl methyl sites for hydroxylation is 1. The minimum absolute atomic E-state index is 0.422. The van der Waals surface area contributed by atoms with Crippen LogP contribution in [-0.2, 0) is 7.05 Å². The molecule has 74 valence electrons. The largest absolute Gasteiger partial charge is 0.338 e. The van der Waals surface area contributed by atoms with Gasteiger partial charge in [-0.1, -0.05) is 5.16 Å². The summed E-state index contributed by atoms with van der Waals surface area (Å²) in [7, 11) is 1.88. The third-order valence-corrected chi connectivity index (χ3v) is 1.78. The third-order valence-electron chi connectivity index (χ3n) is 1.78. The molecule has 6 heteroatoms. The molecule has 1 N–H and O–H groups in total. The summed E-state index contributed by atoms with van der Waals surface area (Å²) in [6, 6.07) is 0.422. The maximum absolute atomic E-state index is 4.96. The van der Waals surface area contributed by atoms with Gasteiger partial charge in [-0.15, -0.1) is 0 Å². The Labute approximate surface area is 81.0 Å². The van der Waals surface area contributed by atoms with Crippen molar-refractivity contribution >= 4 is 6.01 Å². The van der Waals surface area contributed by atoms with Crippen LogP contribution in [-0.4, -0.2) is 26.2 Å². The number of nitrogens with one attached hydrogen (secondary N) is 1. The van der Waals surface area contributed by atoms with Crippen molar-refractivity contribution in [2.24, 2.45) is 7.05 Å². The lowest BCUT2D eigenvalue weighted by atomic mass is 10.6. The Morgan fingerprint density at radius 2 is 2.43 bits per heavy atom. The van der Waals surface area contributed by atoms with Crippen molar-refractivity contribution in [2.75, 3.05) is 11.9 Å². The molecule has 2 rings (SSSR count). The summed E-state index contributed by atoms with van der Waals surface area (Å²) in [4.78, 5) is 8.24. The van der Waals surface area contributed by atoms with E-state index in [1.165, 1.54) is 0 Å². The quantitative estimate of drug-likeness (QED) is 0.784. The van der Waals surface area contributed by atoms with E-state index in [4.69, 9.17) is 4.52 Å². The Hall–Kier alpha value is -1.85. The average Bonchev–Trinajstić information content (AvgIpc) is 2.74. The highest BCUT2D eigenvalue weighted by molar-refractivity contribution is 5.44. The van der Waals surface area contributed by atoms with Gasteiger partial charge in [0.25, 0.3) is 0 Å². The minimum Gasteiger partial charge on any atom is -0.338 e. The van der Waals surface area contributed by atoms with Crippen molar-refractivity contribution in [2.45, 2.75) is 6.92 Å². The van der Waals surface area contributed by atoms with E-state index in [1.807, 2.05) is 24.7 Å². The van der Waals surface area contributed by atoms with Gasteiger partial charge in [0.15, 0.2) is 5.82 Å². The predicted octanol–water partition coefficient (Wildman–Crippen LogP) is 0.902. The maximum Gasteiger partial charge on any atom is 0.321 e. The molecular weight excluding hydrogens is 182 g/mol. The van der Waals surface area contributed by atoms with E-state index in [0.717, 1.165) is 6.54 Å². The van der Waals surface area contributed by atoms with E-state index >= 15 is 0 Å². The fraction of sp³-hybridized carbons (Fsp3) is 0.375. The first kappa shape index (κ1) is 8.74. The van der Waals surface area contributed by atoms with Gasteiger partial charge in [-0.25, -0.2) is 4.98 Å². The third kappa shape index (κ3) is 1.46. The number of anilines is 1. The molecule has 14 heavy (non-hydrogen) atoms. The van der Waals surface area contributed by atoms with Crippen LogP contribution in [0.15, 0.2) is 16.9 Å². The van der Waals surface area contributed by atoms with Crippen LogP contribution < -0.4 is 5.32 Å². The van der Waals surface area contributed by atoms with Gasteiger partial charge in [0.1, 0.15) is 0 Å². The number of nitrogens with zero attached hydrogens (tertiary/aromatic N) is 4. The SMILES string of the molecule is CCNc1nc(-c2nccn2C)no1. The van der Waals surface area contributed by atoms with E-state index in [9.17, 15) is 0 Å². The van der Waals surface area contributed by atoms with Gasteiger partial charge < -0.3 is 14.4 Å². The van der Waals surface area contributed by atoms with Gasteiger partial charge in [0.2, 0.25) is 5.82 Å². The van der Waals surface area contributed by atoms with E-state index < -0.39 is 0 Å². The van der Waals surface area contributed by atoms with Crippen molar-refractivity contribution in [3.05, 3.63) is 12.4 Å². The van der Waals surface area contributed by atoms with Crippen LogP contribution in [0.1, 0.15) is 6.92 Å². The van der Waals surface area contributed by atoms with Crippen LogP contribution in [0.3, 0.4) is 0 Å². The molecule has 0 unspecified atom stereocenters. The monoisotopic (exact) mass is 193 g/mol. The number of rotatable bonds is 3. The van der Waals surface area contributed by atoms with E-state index in [0.29, 0.717) is 17.7 Å². The summed E-state index contributed by atoms with van der Waals surface area (Å²) in [5.41, 5.74) is 0. The molecule has 0 aromatic carbocycles. The van der Waals surface area contributed by atoms with Crippen LogP contribution >= 0.6 is 0 Å².